The van der Waals surface area contributed by atoms with E-state index in [9.17, 15) is 9.59 Å². The van der Waals surface area contributed by atoms with Crippen LogP contribution in [0.1, 0.15) is 22.3 Å². The highest BCUT2D eigenvalue weighted by molar-refractivity contribution is 8.03. The quantitative estimate of drug-likeness (QED) is 0.330. The number of carbonyl (C=O) groups excluding carboxylic acids is 2. The highest BCUT2D eigenvalue weighted by Gasteiger charge is 2.08. The van der Waals surface area contributed by atoms with Crippen LogP contribution < -0.4 is 0 Å². The standard InChI is InChI=1S/C19H18O3S/c1-22-19(21)13-17(12-11-15-7-3-2-4-8-15)23-18-10-6-5-9-16(18)14-20/h2-10,13-14H,11-12H2,1H3. The van der Waals surface area contributed by atoms with E-state index in [4.69, 9.17) is 4.74 Å². The summed E-state index contributed by atoms with van der Waals surface area (Å²) in [4.78, 5) is 24.4. The van der Waals surface area contributed by atoms with Crippen molar-refractivity contribution in [3.63, 3.8) is 0 Å². The first-order chi connectivity index (χ1) is 11.2. The van der Waals surface area contributed by atoms with Gasteiger partial charge in [0.05, 0.1) is 7.11 Å². The van der Waals surface area contributed by atoms with Gasteiger partial charge >= 0.3 is 5.97 Å². The molecule has 0 aliphatic heterocycles. The Morgan fingerprint density at radius 1 is 1.09 bits per heavy atom. The van der Waals surface area contributed by atoms with Crippen LogP contribution in [0.15, 0.2) is 70.5 Å². The first-order valence-electron chi connectivity index (χ1n) is 7.27. The van der Waals surface area contributed by atoms with Crippen molar-refractivity contribution in [2.75, 3.05) is 7.11 Å². The van der Waals surface area contributed by atoms with E-state index in [1.165, 1.54) is 30.5 Å². The number of benzene rings is 2. The molecule has 0 heterocycles. The average Bonchev–Trinajstić information content (AvgIpc) is 2.60. The summed E-state index contributed by atoms with van der Waals surface area (Å²) < 4.78 is 4.73. The summed E-state index contributed by atoms with van der Waals surface area (Å²) in [5.74, 6) is -0.385. The number of esters is 1. The molecular weight excluding hydrogens is 308 g/mol. The Labute approximate surface area is 140 Å². The third-order valence-corrected chi connectivity index (χ3v) is 4.45. The van der Waals surface area contributed by atoms with Crippen molar-refractivity contribution in [1.29, 1.82) is 0 Å². The second-order valence-corrected chi connectivity index (χ2v) is 6.05. The Kier molecular flexibility index (Phi) is 6.63. The third kappa shape index (κ3) is 5.42. The van der Waals surface area contributed by atoms with Gasteiger partial charge in [-0.15, -0.1) is 0 Å². The van der Waals surface area contributed by atoms with Crippen LogP contribution in [-0.4, -0.2) is 19.4 Å². The maximum atomic E-state index is 11.6. The largest absolute Gasteiger partial charge is 0.466 e. The molecule has 0 aliphatic rings. The molecule has 23 heavy (non-hydrogen) atoms. The van der Waals surface area contributed by atoms with Gasteiger partial charge in [0.25, 0.3) is 0 Å². The van der Waals surface area contributed by atoms with E-state index in [0.717, 1.165) is 22.5 Å². The Bertz CT molecular complexity index is 693. The molecule has 0 atom stereocenters. The van der Waals surface area contributed by atoms with Crippen molar-refractivity contribution in [2.24, 2.45) is 0 Å². The van der Waals surface area contributed by atoms with Gasteiger partial charge in [-0.05, 0) is 29.4 Å². The van der Waals surface area contributed by atoms with E-state index in [-0.39, 0.29) is 5.97 Å². The van der Waals surface area contributed by atoms with Crippen LogP contribution in [0.3, 0.4) is 0 Å². The van der Waals surface area contributed by atoms with E-state index >= 15 is 0 Å². The fourth-order valence-corrected chi connectivity index (χ4v) is 3.09. The Hall–Kier alpha value is -2.33. The molecule has 0 spiro atoms. The molecule has 0 aromatic heterocycles. The Balaban J connectivity index is 2.16. The Morgan fingerprint density at radius 3 is 2.48 bits per heavy atom. The van der Waals surface area contributed by atoms with E-state index < -0.39 is 0 Å². The number of rotatable bonds is 7. The number of hydrogen-bond acceptors (Lipinski definition) is 4. The second-order valence-electron chi connectivity index (χ2n) is 4.88. The molecule has 2 aromatic carbocycles. The molecule has 0 aliphatic carbocycles. The van der Waals surface area contributed by atoms with Crippen LogP contribution in [0.25, 0.3) is 0 Å². The minimum atomic E-state index is -0.385. The maximum absolute atomic E-state index is 11.6. The summed E-state index contributed by atoms with van der Waals surface area (Å²) in [6, 6.07) is 17.4. The van der Waals surface area contributed by atoms with Crippen molar-refractivity contribution in [2.45, 2.75) is 17.7 Å². The van der Waals surface area contributed by atoms with Gasteiger partial charge in [-0.1, -0.05) is 60.3 Å². The number of hydrogen-bond donors (Lipinski definition) is 0. The molecule has 3 nitrogen and oxygen atoms in total. The van der Waals surface area contributed by atoms with E-state index in [1.54, 1.807) is 6.07 Å². The molecule has 0 N–H and O–H groups in total. The normalized spacial score (nSPS) is 11.1. The molecule has 0 radical (unpaired) electrons. The zero-order valence-corrected chi connectivity index (χ0v) is 13.7. The van der Waals surface area contributed by atoms with Crippen molar-refractivity contribution in [1.82, 2.24) is 0 Å². The average molecular weight is 326 g/mol. The van der Waals surface area contributed by atoms with Gasteiger partial charge in [-0.2, -0.15) is 0 Å². The monoisotopic (exact) mass is 326 g/mol. The molecule has 0 bridgehead atoms. The molecular formula is C19H18O3S. The van der Waals surface area contributed by atoms with Crippen molar-refractivity contribution in [3.05, 3.63) is 76.7 Å². The predicted octanol–water partition coefficient (Wildman–Crippen LogP) is 4.28. The van der Waals surface area contributed by atoms with Crippen LogP contribution in [0.4, 0.5) is 0 Å². The van der Waals surface area contributed by atoms with Gasteiger partial charge in [0.1, 0.15) is 0 Å². The van der Waals surface area contributed by atoms with Crippen LogP contribution in [0.2, 0.25) is 0 Å². The summed E-state index contributed by atoms with van der Waals surface area (Å²) in [5, 5.41) is 0. The highest BCUT2D eigenvalue weighted by atomic mass is 32.2. The fourth-order valence-electron chi connectivity index (χ4n) is 2.07. The topological polar surface area (TPSA) is 43.4 Å². The lowest BCUT2D eigenvalue weighted by atomic mass is 10.1. The summed E-state index contributed by atoms with van der Waals surface area (Å²) in [6.07, 6.45) is 3.85. The maximum Gasteiger partial charge on any atom is 0.331 e. The summed E-state index contributed by atoms with van der Waals surface area (Å²) in [6.45, 7) is 0. The van der Waals surface area contributed by atoms with Gasteiger partial charge in [0.2, 0.25) is 0 Å². The predicted molar refractivity (Wildman–Crippen MR) is 92.5 cm³/mol. The van der Waals surface area contributed by atoms with Gasteiger partial charge in [-0.25, -0.2) is 4.79 Å². The number of allylic oxidation sites excluding steroid dienone is 1. The lowest BCUT2D eigenvalue weighted by Crippen LogP contribution is -1.98. The van der Waals surface area contributed by atoms with Gasteiger partial charge in [0.15, 0.2) is 6.29 Å². The van der Waals surface area contributed by atoms with Crippen LogP contribution in [0, 0.1) is 0 Å². The minimum Gasteiger partial charge on any atom is -0.466 e. The fraction of sp³-hybridized carbons (Fsp3) is 0.158. The molecule has 0 fully saturated rings. The van der Waals surface area contributed by atoms with Crippen LogP contribution in [0.5, 0.6) is 0 Å². The van der Waals surface area contributed by atoms with Crippen LogP contribution >= 0.6 is 11.8 Å². The summed E-state index contributed by atoms with van der Waals surface area (Å²) in [7, 11) is 1.36. The molecule has 2 aromatic rings. The second kappa shape index (κ2) is 8.96. The first kappa shape index (κ1) is 17.0. The van der Waals surface area contributed by atoms with E-state index in [2.05, 4.69) is 12.1 Å². The Morgan fingerprint density at radius 2 is 1.78 bits per heavy atom. The number of aldehydes is 1. The van der Waals surface area contributed by atoms with Gasteiger partial charge < -0.3 is 4.74 Å². The van der Waals surface area contributed by atoms with E-state index in [1.807, 2.05) is 36.4 Å². The number of aryl methyl sites for hydroxylation is 1. The zero-order valence-electron chi connectivity index (χ0n) is 12.9. The van der Waals surface area contributed by atoms with Crippen molar-refractivity contribution >= 4 is 24.0 Å². The number of ether oxygens (including phenoxy) is 1. The van der Waals surface area contributed by atoms with Gasteiger partial charge in [-0.3, -0.25) is 4.79 Å². The van der Waals surface area contributed by atoms with Crippen LogP contribution in [-0.2, 0) is 16.0 Å². The van der Waals surface area contributed by atoms with E-state index in [0.29, 0.717) is 12.0 Å². The lowest BCUT2D eigenvalue weighted by molar-refractivity contribution is -0.134. The molecule has 118 valence electrons. The number of thioether (sulfide) groups is 1. The number of methoxy groups -OCH3 is 1. The smallest absolute Gasteiger partial charge is 0.331 e. The molecule has 0 saturated heterocycles. The molecule has 4 heteroatoms. The molecule has 0 amide bonds. The van der Waals surface area contributed by atoms with Gasteiger partial charge in [0, 0.05) is 16.5 Å². The lowest BCUT2D eigenvalue weighted by Gasteiger charge is -2.09. The number of carbonyl (C=O) groups is 2. The SMILES string of the molecule is COC(=O)C=C(CCc1ccccc1)Sc1ccccc1C=O. The summed E-state index contributed by atoms with van der Waals surface area (Å²) >= 11 is 1.43. The van der Waals surface area contributed by atoms with Crippen molar-refractivity contribution in [3.8, 4) is 0 Å². The molecule has 2 rings (SSSR count). The summed E-state index contributed by atoms with van der Waals surface area (Å²) in [5.41, 5.74) is 1.82. The first-order valence-corrected chi connectivity index (χ1v) is 8.09. The zero-order chi connectivity index (χ0) is 16.5. The van der Waals surface area contributed by atoms with Crippen molar-refractivity contribution < 1.29 is 14.3 Å². The minimum absolute atomic E-state index is 0.385. The molecule has 0 saturated carbocycles. The third-order valence-electron chi connectivity index (χ3n) is 3.27. The molecule has 0 unspecified atom stereocenters. The highest BCUT2D eigenvalue weighted by Crippen LogP contribution is 2.31.